The Morgan fingerprint density at radius 1 is 1.40 bits per heavy atom. The molecule has 0 spiro atoms. The molecule has 2 fully saturated rings. The lowest BCUT2D eigenvalue weighted by Crippen LogP contribution is -2.63. The molecule has 1 aromatic heterocycles. The van der Waals surface area contributed by atoms with E-state index in [2.05, 4.69) is 42.3 Å². The summed E-state index contributed by atoms with van der Waals surface area (Å²) in [6.45, 7) is 11.1. The zero-order valence-corrected chi connectivity index (χ0v) is 13.1. The van der Waals surface area contributed by atoms with Crippen LogP contribution < -0.4 is 5.32 Å². The second-order valence-corrected chi connectivity index (χ2v) is 6.76. The van der Waals surface area contributed by atoms with Crippen molar-refractivity contribution in [3.63, 3.8) is 0 Å². The molecule has 1 saturated carbocycles. The first-order valence-corrected chi connectivity index (χ1v) is 8.14. The van der Waals surface area contributed by atoms with Gasteiger partial charge in [-0.3, -0.25) is 9.58 Å². The number of nitrogens with zero attached hydrogens (tertiary/aromatic N) is 3. The molecule has 1 N–H and O–H groups in total. The molecule has 112 valence electrons. The number of aromatic nitrogens is 2. The van der Waals surface area contributed by atoms with Gasteiger partial charge in [0.25, 0.3) is 0 Å². The minimum Gasteiger partial charge on any atom is -0.311 e. The second-order valence-electron chi connectivity index (χ2n) is 6.76. The van der Waals surface area contributed by atoms with Crippen molar-refractivity contribution in [1.82, 2.24) is 20.0 Å². The van der Waals surface area contributed by atoms with Gasteiger partial charge in [-0.05, 0) is 39.0 Å². The maximum absolute atomic E-state index is 4.41. The predicted molar refractivity (Wildman–Crippen MR) is 81.5 cm³/mol. The van der Waals surface area contributed by atoms with Crippen LogP contribution in [0.3, 0.4) is 0 Å². The average Bonchev–Trinajstić information content (AvgIpc) is 3.21. The maximum Gasteiger partial charge on any atom is 0.0534 e. The Hall–Kier alpha value is -0.870. The highest BCUT2D eigenvalue weighted by Crippen LogP contribution is 2.36. The first-order valence-electron chi connectivity index (χ1n) is 8.14. The first-order chi connectivity index (χ1) is 9.64. The largest absolute Gasteiger partial charge is 0.311 e. The molecule has 3 rings (SSSR count). The monoisotopic (exact) mass is 276 g/mol. The molecular weight excluding hydrogens is 248 g/mol. The number of aryl methyl sites for hydroxylation is 1. The van der Waals surface area contributed by atoms with Crippen molar-refractivity contribution in [2.75, 3.05) is 13.1 Å². The van der Waals surface area contributed by atoms with E-state index in [0.717, 1.165) is 25.6 Å². The van der Waals surface area contributed by atoms with Crippen LogP contribution in [0, 0.1) is 5.92 Å². The van der Waals surface area contributed by atoms with Crippen LogP contribution in [0.1, 0.15) is 45.6 Å². The molecule has 1 aliphatic carbocycles. The van der Waals surface area contributed by atoms with E-state index in [1.54, 1.807) is 0 Å². The Bertz CT molecular complexity index is 451. The van der Waals surface area contributed by atoms with E-state index >= 15 is 0 Å². The van der Waals surface area contributed by atoms with Gasteiger partial charge in [-0.1, -0.05) is 6.92 Å². The summed E-state index contributed by atoms with van der Waals surface area (Å²) in [5, 5.41) is 8.21. The number of piperazine rings is 1. The molecule has 2 aliphatic rings. The Balaban J connectivity index is 1.71. The minimum atomic E-state index is 0.277. The highest BCUT2D eigenvalue weighted by molar-refractivity contribution is 5.08. The fourth-order valence-corrected chi connectivity index (χ4v) is 3.28. The van der Waals surface area contributed by atoms with Crippen molar-refractivity contribution in [3.8, 4) is 0 Å². The molecule has 1 aliphatic heterocycles. The lowest BCUT2D eigenvalue weighted by atomic mass is 9.90. The van der Waals surface area contributed by atoms with Gasteiger partial charge in [-0.2, -0.15) is 5.10 Å². The maximum atomic E-state index is 4.41. The Morgan fingerprint density at radius 2 is 2.20 bits per heavy atom. The molecule has 2 unspecified atom stereocenters. The number of hydrogen-bond donors (Lipinski definition) is 1. The average molecular weight is 276 g/mol. The van der Waals surface area contributed by atoms with Gasteiger partial charge in [0.2, 0.25) is 0 Å². The van der Waals surface area contributed by atoms with Crippen molar-refractivity contribution in [2.45, 2.75) is 64.7 Å². The molecule has 2 atom stereocenters. The van der Waals surface area contributed by atoms with Crippen molar-refractivity contribution in [2.24, 2.45) is 5.92 Å². The molecule has 0 radical (unpaired) electrons. The fourth-order valence-electron chi connectivity index (χ4n) is 3.28. The predicted octanol–water partition coefficient (Wildman–Crippen LogP) is 2.26. The van der Waals surface area contributed by atoms with E-state index in [4.69, 9.17) is 0 Å². The van der Waals surface area contributed by atoms with Gasteiger partial charge in [0, 0.05) is 49.5 Å². The normalized spacial score (nSPS) is 31.6. The molecule has 1 saturated heterocycles. The lowest BCUT2D eigenvalue weighted by Gasteiger charge is -2.48. The standard InChI is InChI=1S/C16H28N4/c1-4-16(3)12-17-15(14-6-7-14)11-19(16)9-13-8-18-20(5-2)10-13/h8,10,14-15,17H,4-7,9,11-12H2,1-3H3. The number of hydrogen-bond acceptors (Lipinski definition) is 3. The van der Waals surface area contributed by atoms with Crippen LogP contribution in [-0.2, 0) is 13.1 Å². The summed E-state index contributed by atoms with van der Waals surface area (Å²) in [5.74, 6) is 0.928. The highest BCUT2D eigenvalue weighted by Gasteiger charge is 2.41. The Labute approximate surface area is 122 Å². The third-order valence-corrected chi connectivity index (χ3v) is 5.26. The molecule has 2 heterocycles. The van der Waals surface area contributed by atoms with Crippen LogP contribution in [0.15, 0.2) is 12.4 Å². The number of rotatable bonds is 5. The summed E-state index contributed by atoms with van der Waals surface area (Å²) >= 11 is 0. The number of nitrogens with one attached hydrogen (secondary N) is 1. The summed E-state index contributed by atoms with van der Waals surface area (Å²) in [6, 6.07) is 0.704. The molecule has 0 amide bonds. The van der Waals surface area contributed by atoms with Crippen LogP contribution >= 0.6 is 0 Å². The van der Waals surface area contributed by atoms with Crippen LogP contribution in [0.4, 0.5) is 0 Å². The van der Waals surface area contributed by atoms with E-state index in [1.807, 2.05) is 10.9 Å². The van der Waals surface area contributed by atoms with Gasteiger partial charge in [-0.25, -0.2) is 0 Å². The molecule has 0 bridgehead atoms. The van der Waals surface area contributed by atoms with Crippen LogP contribution in [0.5, 0.6) is 0 Å². The topological polar surface area (TPSA) is 33.1 Å². The summed E-state index contributed by atoms with van der Waals surface area (Å²) in [4.78, 5) is 2.68. The van der Waals surface area contributed by atoms with E-state index < -0.39 is 0 Å². The third kappa shape index (κ3) is 2.77. The van der Waals surface area contributed by atoms with E-state index in [0.29, 0.717) is 6.04 Å². The van der Waals surface area contributed by atoms with Gasteiger partial charge in [0.1, 0.15) is 0 Å². The molecule has 4 heteroatoms. The summed E-state index contributed by atoms with van der Waals surface area (Å²) in [7, 11) is 0. The summed E-state index contributed by atoms with van der Waals surface area (Å²) < 4.78 is 2.03. The summed E-state index contributed by atoms with van der Waals surface area (Å²) in [6.07, 6.45) is 8.27. The molecular formula is C16H28N4. The van der Waals surface area contributed by atoms with Crippen molar-refractivity contribution in [1.29, 1.82) is 0 Å². The Kier molecular flexibility index (Phi) is 3.87. The van der Waals surface area contributed by atoms with E-state index in [9.17, 15) is 0 Å². The van der Waals surface area contributed by atoms with Gasteiger partial charge in [0.15, 0.2) is 0 Å². The lowest BCUT2D eigenvalue weighted by molar-refractivity contribution is 0.0369. The van der Waals surface area contributed by atoms with Gasteiger partial charge in [0.05, 0.1) is 6.20 Å². The molecule has 0 aromatic carbocycles. The SMILES string of the molecule is CCn1cc(CN2CC(C3CC3)NCC2(C)CC)cn1. The van der Waals surface area contributed by atoms with E-state index in [1.165, 1.54) is 31.4 Å². The summed E-state index contributed by atoms with van der Waals surface area (Å²) in [5.41, 5.74) is 1.63. The zero-order chi connectivity index (χ0) is 14.2. The van der Waals surface area contributed by atoms with Gasteiger partial charge >= 0.3 is 0 Å². The third-order valence-electron chi connectivity index (χ3n) is 5.26. The smallest absolute Gasteiger partial charge is 0.0534 e. The van der Waals surface area contributed by atoms with Crippen molar-refractivity contribution >= 4 is 0 Å². The Morgan fingerprint density at radius 3 is 2.80 bits per heavy atom. The van der Waals surface area contributed by atoms with E-state index in [-0.39, 0.29) is 5.54 Å². The fraction of sp³-hybridized carbons (Fsp3) is 0.812. The highest BCUT2D eigenvalue weighted by atomic mass is 15.3. The van der Waals surface area contributed by atoms with Crippen LogP contribution in [-0.4, -0.2) is 39.4 Å². The zero-order valence-electron chi connectivity index (χ0n) is 13.1. The van der Waals surface area contributed by atoms with Crippen LogP contribution in [0.2, 0.25) is 0 Å². The first kappa shape index (κ1) is 14.1. The van der Waals surface area contributed by atoms with Crippen LogP contribution in [0.25, 0.3) is 0 Å². The second kappa shape index (κ2) is 5.49. The van der Waals surface area contributed by atoms with Gasteiger partial charge < -0.3 is 5.32 Å². The molecule has 20 heavy (non-hydrogen) atoms. The van der Waals surface area contributed by atoms with Gasteiger partial charge in [-0.15, -0.1) is 0 Å². The quantitative estimate of drug-likeness (QED) is 0.895. The molecule has 1 aromatic rings. The molecule has 4 nitrogen and oxygen atoms in total. The minimum absolute atomic E-state index is 0.277. The van der Waals surface area contributed by atoms with Crippen molar-refractivity contribution < 1.29 is 0 Å². The van der Waals surface area contributed by atoms with Crippen molar-refractivity contribution in [3.05, 3.63) is 18.0 Å².